The van der Waals surface area contributed by atoms with E-state index in [2.05, 4.69) is 29.0 Å². The third-order valence-electron chi connectivity index (χ3n) is 4.14. The van der Waals surface area contributed by atoms with Crippen molar-refractivity contribution >= 4 is 5.91 Å². The second-order valence-electron chi connectivity index (χ2n) is 5.86. The molecule has 0 aromatic carbocycles. The van der Waals surface area contributed by atoms with Gasteiger partial charge in [-0.05, 0) is 31.8 Å². The SMILES string of the molecule is CCCN1CCN(C(=O)C2CNCC(C)C2)CC1. The summed E-state index contributed by atoms with van der Waals surface area (Å²) in [5.41, 5.74) is 0. The van der Waals surface area contributed by atoms with E-state index >= 15 is 0 Å². The van der Waals surface area contributed by atoms with E-state index in [1.54, 1.807) is 0 Å². The summed E-state index contributed by atoms with van der Waals surface area (Å²) in [4.78, 5) is 17.0. The lowest BCUT2D eigenvalue weighted by molar-refractivity contribution is -0.138. The highest BCUT2D eigenvalue weighted by molar-refractivity contribution is 5.79. The maximum absolute atomic E-state index is 12.4. The molecule has 1 N–H and O–H groups in total. The first-order valence-electron chi connectivity index (χ1n) is 7.42. The number of nitrogens with zero attached hydrogens (tertiary/aromatic N) is 2. The molecule has 2 heterocycles. The Hall–Kier alpha value is -0.610. The van der Waals surface area contributed by atoms with Crippen molar-refractivity contribution in [1.82, 2.24) is 15.1 Å². The topological polar surface area (TPSA) is 35.6 Å². The van der Waals surface area contributed by atoms with Crippen LogP contribution in [0.25, 0.3) is 0 Å². The van der Waals surface area contributed by atoms with Crippen molar-refractivity contribution in [2.45, 2.75) is 26.7 Å². The number of carbonyl (C=O) groups excluding carboxylic acids is 1. The van der Waals surface area contributed by atoms with E-state index in [0.717, 1.165) is 45.7 Å². The van der Waals surface area contributed by atoms with Gasteiger partial charge in [-0.15, -0.1) is 0 Å². The number of piperazine rings is 1. The Bertz CT molecular complexity index is 274. The third kappa shape index (κ3) is 3.45. The van der Waals surface area contributed by atoms with E-state index < -0.39 is 0 Å². The van der Waals surface area contributed by atoms with Crippen molar-refractivity contribution in [3.63, 3.8) is 0 Å². The van der Waals surface area contributed by atoms with Gasteiger partial charge in [-0.3, -0.25) is 9.69 Å². The smallest absolute Gasteiger partial charge is 0.227 e. The standard InChI is InChI=1S/C14H27N3O/c1-3-4-16-5-7-17(8-6-16)14(18)13-9-12(2)10-15-11-13/h12-13,15H,3-11H2,1-2H3. The molecule has 18 heavy (non-hydrogen) atoms. The van der Waals surface area contributed by atoms with Gasteiger partial charge in [-0.1, -0.05) is 13.8 Å². The maximum atomic E-state index is 12.4. The van der Waals surface area contributed by atoms with Crippen LogP contribution in [0.3, 0.4) is 0 Å². The average molecular weight is 253 g/mol. The molecular formula is C14H27N3O. The summed E-state index contributed by atoms with van der Waals surface area (Å²) >= 11 is 0. The van der Waals surface area contributed by atoms with Crippen LogP contribution in [0.15, 0.2) is 0 Å². The lowest BCUT2D eigenvalue weighted by Gasteiger charge is -2.37. The van der Waals surface area contributed by atoms with Gasteiger partial charge in [0.25, 0.3) is 0 Å². The zero-order chi connectivity index (χ0) is 13.0. The molecule has 4 heteroatoms. The molecule has 1 amide bonds. The number of carbonyl (C=O) groups is 1. The highest BCUT2D eigenvalue weighted by Crippen LogP contribution is 2.19. The van der Waals surface area contributed by atoms with E-state index in [9.17, 15) is 4.79 Å². The van der Waals surface area contributed by atoms with Gasteiger partial charge < -0.3 is 10.2 Å². The van der Waals surface area contributed by atoms with Gasteiger partial charge in [0.1, 0.15) is 0 Å². The summed E-state index contributed by atoms with van der Waals surface area (Å²) in [6.45, 7) is 11.5. The van der Waals surface area contributed by atoms with Crippen molar-refractivity contribution in [3.05, 3.63) is 0 Å². The molecule has 0 spiro atoms. The Morgan fingerprint density at radius 2 is 1.94 bits per heavy atom. The second kappa shape index (κ2) is 6.53. The molecule has 2 unspecified atom stereocenters. The van der Waals surface area contributed by atoms with Gasteiger partial charge in [-0.2, -0.15) is 0 Å². The van der Waals surface area contributed by atoms with E-state index in [1.807, 2.05) is 0 Å². The minimum absolute atomic E-state index is 0.214. The molecule has 0 aromatic heterocycles. The van der Waals surface area contributed by atoms with Crippen LogP contribution in [-0.4, -0.2) is 61.5 Å². The number of rotatable bonds is 3. The molecule has 2 saturated heterocycles. The summed E-state index contributed by atoms with van der Waals surface area (Å²) in [5, 5.41) is 3.38. The minimum Gasteiger partial charge on any atom is -0.340 e. The zero-order valence-electron chi connectivity index (χ0n) is 11.8. The fourth-order valence-corrected chi connectivity index (χ4v) is 3.11. The van der Waals surface area contributed by atoms with Gasteiger partial charge in [0.05, 0.1) is 5.92 Å². The van der Waals surface area contributed by atoms with E-state index in [0.29, 0.717) is 11.8 Å². The fourth-order valence-electron chi connectivity index (χ4n) is 3.11. The number of hydrogen-bond acceptors (Lipinski definition) is 3. The highest BCUT2D eigenvalue weighted by Gasteiger charge is 2.30. The molecule has 2 rings (SSSR count). The van der Waals surface area contributed by atoms with Crippen LogP contribution in [-0.2, 0) is 4.79 Å². The molecule has 0 aromatic rings. The Kier molecular flexibility index (Phi) is 5.01. The first kappa shape index (κ1) is 13.8. The number of hydrogen-bond donors (Lipinski definition) is 1. The molecule has 2 fully saturated rings. The van der Waals surface area contributed by atoms with Crippen molar-refractivity contribution < 1.29 is 4.79 Å². The normalized spacial score (nSPS) is 30.4. The predicted molar refractivity (Wildman–Crippen MR) is 73.5 cm³/mol. The average Bonchev–Trinajstić information content (AvgIpc) is 2.39. The van der Waals surface area contributed by atoms with Gasteiger partial charge in [0.2, 0.25) is 5.91 Å². The van der Waals surface area contributed by atoms with Gasteiger partial charge in [0, 0.05) is 32.7 Å². The summed E-state index contributed by atoms with van der Waals surface area (Å²) in [6, 6.07) is 0. The van der Waals surface area contributed by atoms with Crippen molar-refractivity contribution in [2.24, 2.45) is 11.8 Å². The van der Waals surface area contributed by atoms with Gasteiger partial charge >= 0.3 is 0 Å². The first-order valence-corrected chi connectivity index (χ1v) is 7.42. The van der Waals surface area contributed by atoms with Crippen molar-refractivity contribution in [2.75, 3.05) is 45.8 Å². The van der Waals surface area contributed by atoms with Crippen LogP contribution in [0, 0.1) is 11.8 Å². The van der Waals surface area contributed by atoms with Crippen LogP contribution < -0.4 is 5.32 Å². The maximum Gasteiger partial charge on any atom is 0.227 e. The lowest BCUT2D eigenvalue weighted by Crippen LogP contribution is -2.52. The molecule has 0 saturated carbocycles. The van der Waals surface area contributed by atoms with Crippen LogP contribution in [0.1, 0.15) is 26.7 Å². The number of amides is 1. The van der Waals surface area contributed by atoms with Crippen molar-refractivity contribution in [1.29, 1.82) is 0 Å². The molecule has 0 aliphatic carbocycles. The second-order valence-corrected chi connectivity index (χ2v) is 5.86. The summed E-state index contributed by atoms with van der Waals surface area (Å²) in [5.74, 6) is 1.23. The van der Waals surface area contributed by atoms with Crippen LogP contribution >= 0.6 is 0 Å². The minimum atomic E-state index is 0.214. The van der Waals surface area contributed by atoms with E-state index in [4.69, 9.17) is 0 Å². The van der Waals surface area contributed by atoms with E-state index in [1.165, 1.54) is 13.0 Å². The Balaban J connectivity index is 1.80. The molecular weight excluding hydrogens is 226 g/mol. The first-order chi connectivity index (χ1) is 8.70. The number of piperidine rings is 1. The lowest BCUT2D eigenvalue weighted by atomic mass is 9.90. The largest absolute Gasteiger partial charge is 0.340 e. The molecule has 4 nitrogen and oxygen atoms in total. The number of nitrogens with one attached hydrogen (secondary N) is 1. The van der Waals surface area contributed by atoms with Gasteiger partial charge in [-0.25, -0.2) is 0 Å². The van der Waals surface area contributed by atoms with Gasteiger partial charge in [0.15, 0.2) is 0 Å². The van der Waals surface area contributed by atoms with Crippen molar-refractivity contribution in [3.8, 4) is 0 Å². The Labute approximate surface area is 111 Å². The third-order valence-corrected chi connectivity index (χ3v) is 4.14. The molecule has 0 bridgehead atoms. The molecule has 2 aliphatic rings. The summed E-state index contributed by atoms with van der Waals surface area (Å²) in [7, 11) is 0. The molecule has 104 valence electrons. The molecule has 0 radical (unpaired) electrons. The van der Waals surface area contributed by atoms with E-state index in [-0.39, 0.29) is 5.92 Å². The Morgan fingerprint density at radius 3 is 2.56 bits per heavy atom. The molecule has 2 atom stereocenters. The summed E-state index contributed by atoms with van der Waals surface area (Å²) in [6.07, 6.45) is 2.26. The fraction of sp³-hybridized carbons (Fsp3) is 0.929. The Morgan fingerprint density at radius 1 is 1.22 bits per heavy atom. The predicted octanol–water partition coefficient (Wildman–Crippen LogP) is 0.786. The van der Waals surface area contributed by atoms with Crippen LogP contribution in [0.4, 0.5) is 0 Å². The van der Waals surface area contributed by atoms with Crippen LogP contribution in [0.5, 0.6) is 0 Å². The van der Waals surface area contributed by atoms with Crippen LogP contribution in [0.2, 0.25) is 0 Å². The summed E-state index contributed by atoms with van der Waals surface area (Å²) < 4.78 is 0. The quantitative estimate of drug-likeness (QED) is 0.807. The monoisotopic (exact) mass is 253 g/mol. The molecule has 2 aliphatic heterocycles. The zero-order valence-corrected chi connectivity index (χ0v) is 11.8. The highest BCUT2D eigenvalue weighted by atomic mass is 16.2.